The van der Waals surface area contributed by atoms with Gasteiger partial charge in [-0.25, -0.2) is 0 Å². The second-order valence-corrected chi connectivity index (χ2v) is 5.34. The molecule has 3 nitrogen and oxygen atoms in total. The van der Waals surface area contributed by atoms with Crippen LogP contribution in [0.5, 0.6) is 0 Å². The van der Waals surface area contributed by atoms with Crippen LogP contribution in [0.4, 0.5) is 17.1 Å². The normalized spacial score (nSPS) is 10.9. The fraction of sp³-hybridized carbons (Fsp3) is 0. The Hall–Kier alpha value is -3.46. The Kier molecular flexibility index (Phi) is 5.90. The zero-order valence-corrected chi connectivity index (χ0v) is 13.8. The maximum absolute atomic E-state index is 4.51. The Labute approximate surface area is 148 Å². The van der Waals surface area contributed by atoms with Crippen molar-refractivity contribution in [3.05, 3.63) is 103 Å². The van der Waals surface area contributed by atoms with Crippen LogP contribution in [-0.4, -0.2) is 12.4 Å². The monoisotopic (exact) mass is 325 g/mol. The van der Waals surface area contributed by atoms with Crippen LogP contribution in [0.3, 0.4) is 0 Å². The van der Waals surface area contributed by atoms with E-state index in [0.717, 1.165) is 22.6 Å². The molecule has 0 saturated carbocycles. The Balaban J connectivity index is 1.80. The number of allylic oxidation sites excluding steroid dienone is 1. The quantitative estimate of drug-likeness (QED) is 0.572. The van der Waals surface area contributed by atoms with Crippen molar-refractivity contribution < 1.29 is 0 Å². The third kappa shape index (κ3) is 5.59. The third-order valence-electron chi connectivity index (χ3n) is 3.42. The summed E-state index contributed by atoms with van der Waals surface area (Å²) in [6.45, 7) is 0. The van der Waals surface area contributed by atoms with Gasteiger partial charge in [-0.1, -0.05) is 54.6 Å². The van der Waals surface area contributed by atoms with E-state index in [9.17, 15) is 0 Å². The molecule has 122 valence electrons. The summed E-state index contributed by atoms with van der Waals surface area (Å²) >= 11 is 0. The van der Waals surface area contributed by atoms with Gasteiger partial charge >= 0.3 is 0 Å². The second kappa shape index (κ2) is 8.99. The van der Waals surface area contributed by atoms with Crippen molar-refractivity contribution in [3.63, 3.8) is 0 Å². The van der Waals surface area contributed by atoms with E-state index in [1.54, 1.807) is 12.4 Å². The van der Waals surface area contributed by atoms with Gasteiger partial charge in [-0.15, -0.1) is 0 Å². The Morgan fingerprint density at radius 2 is 1.04 bits per heavy atom. The average Bonchev–Trinajstić information content (AvgIpc) is 2.70. The van der Waals surface area contributed by atoms with Crippen LogP contribution in [-0.2, 0) is 0 Å². The van der Waals surface area contributed by atoms with Gasteiger partial charge in [0, 0.05) is 29.9 Å². The van der Waals surface area contributed by atoms with Gasteiger partial charge in [0.2, 0.25) is 0 Å². The lowest BCUT2D eigenvalue weighted by Gasteiger charge is -2.01. The SMILES string of the molecule is C(=Nc1ccccc1)C(C=Nc1ccccc1)=CNc1ccccc1. The molecule has 0 radical (unpaired) electrons. The first-order valence-electron chi connectivity index (χ1n) is 8.10. The molecule has 0 amide bonds. The van der Waals surface area contributed by atoms with Crippen molar-refractivity contribution in [1.29, 1.82) is 0 Å². The predicted molar refractivity (Wildman–Crippen MR) is 107 cm³/mol. The summed E-state index contributed by atoms with van der Waals surface area (Å²) in [4.78, 5) is 9.01. The second-order valence-electron chi connectivity index (χ2n) is 5.34. The Morgan fingerprint density at radius 1 is 0.600 bits per heavy atom. The van der Waals surface area contributed by atoms with Crippen LogP contribution in [0, 0.1) is 0 Å². The van der Waals surface area contributed by atoms with E-state index in [1.807, 2.05) is 97.2 Å². The number of benzene rings is 3. The molecule has 3 heteroatoms. The van der Waals surface area contributed by atoms with Gasteiger partial charge in [0.1, 0.15) is 0 Å². The molecule has 0 spiro atoms. The van der Waals surface area contributed by atoms with Gasteiger partial charge in [0.15, 0.2) is 0 Å². The minimum absolute atomic E-state index is 0.872. The van der Waals surface area contributed by atoms with Crippen molar-refractivity contribution in [2.45, 2.75) is 0 Å². The lowest BCUT2D eigenvalue weighted by Crippen LogP contribution is -1.94. The summed E-state index contributed by atoms with van der Waals surface area (Å²) in [7, 11) is 0. The van der Waals surface area contributed by atoms with Gasteiger partial charge in [-0.3, -0.25) is 9.98 Å². The summed E-state index contributed by atoms with van der Waals surface area (Å²) in [5.74, 6) is 0. The topological polar surface area (TPSA) is 36.8 Å². The van der Waals surface area contributed by atoms with Crippen LogP contribution < -0.4 is 5.32 Å². The van der Waals surface area contributed by atoms with E-state index >= 15 is 0 Å². The molecule has 0 aromatic heterocycles. The third-order valence-corrected chi connectivity index (χ3v) is 3.42. The number of para-hydroxylation sites is 3. The average molecular weight is 325 g/mol. The molecule has 0 aliphatic carbocycles. The molecular weight excluding hydrogens is 306 g/mol. The molecule has 0 aliphatic heterocycles. The zero-order chi connectivity index (χ0) is 17.2. The lowest BCUT2D eigenvalue weighted by molar-refractivity contribution is 1.51. The largest absolute Gasteiger partial charge is 0.361 e. The smallest absolute Gasteiger partial charge is 0.0629 e. The molecule has 0 heterocycles. The molecule has 3 rings (SSSR count). The fourth-order valence-corrected chi connectivity index (χ4v) is 2.14. The van der Waals surface area contributed by atoms with Crippen molar-refractivity contribution in [3.8, 4) is 0 Å². The summed E-state index contributed by atoms with van der Waals surface area (Å²) < 4.78 is 0. The van der Waals surface area contributed by atoms with Crippen LogP contribution >= 0.6 is 0 Å². The van der Waals surface area contributed by atoms with Gasteiger partial charge < -0.3 is 5.32 Å². The van der Waals surface area contributed by atoms with Gasteiger partial charge in [-0.05, 0) is 36.4 Å². The van der Waals surface area contributed by atoms with Gasteiger partial charge in [-0.2, -0.15) is 0 Å². The van der Waals surface area contributed by atoms with E-state index in [-0.39, 0.29) is 0 Å². The van der Waals surface area contributed by atoms with E-state index in [1.165, 1.54) is 0 Å². The van der Waals surface area contributed by atoms with E-state index in [4.69, 9.17) is 0 Å². The molecule has 0 aliphatic rings. The van der Waals surface area contributed by atoms with Crippen LogP contribution in [0.2, 0.25) is 0 Å². The maximum Gasteiger partial charge on any atom is 0.0629 e. The predicted octanol–water partition coefficient (Wildman–Crippen LogP) is 5.79. The lowest BCUT2D eigenvalue weighted by atomic mass is 10.3. The van der Waals surface area contributed by atoms with Crippen LogP contribution in [0.25, 0.3) is 0 Å². The number of nitrogens with one attached hydrogen (secondary N) is 1. The first-order valence-corrected chi connectivity index (χ1v) is 8.10. The molecule has 25 heavy (non-hydrogen) atoms. The molecule has 0 atom stereocenters. The molecule has 0 fully saturated rings. The van der Waals surface area contributed by atoms with Crippen molar-refractivity contribution >= 4 is 29.5 Å². The summed E-state index contributed by atoms with van der Waals surface area (Å²) in [6.07, 6.45) is 5.50. The molecule has 0 unspecified atom stereocenters. The maximum atomic E-state index is 4.51. The van der Waals surface area contributed by atoms with Crippen LogP contribution in [0.1, 0.15) is 0 Å². The Bertz CT molecular complexity index is 800. The van der Waals surface area contributed by atoms with Crippen molar-refractivity contribution in [2.24, 2.45) is 9.98 Å². The number of aliphatic imine (C=N–C) groups is 2. The van der Waals surface area contributed by atoms with Crippen LogP contribution in [0.15, 0.2) is 113 Å². The van der Waals surface area contributed by atoms with Gasteiger partial charge in [0.05, 0.1) is 11.4 Å². The number of hydrogen-bond donors (Lipinski definition) is 1. The number of hydrogen-bond acceptors (Lipinski definition) is 3. The fourth-order valence-electron chi connectivity index (χ4n) is 2.14. The first kappa shape index (κ1) is 16.4. The highest BCUT2D eigenvalue weighted by molar-refractivity contribution is 6.05. The number of anilines is 1. The first-order chi connectivity index (χ1) is 12.4. The van der Waals surface area contributed by atoms with E-state index in [2.05, 4.69) is 15.3 Å². The highest BCUT2D eigenvalue weighted by Crippen LogP contribution is 2.12. The van der Waals surface area contributed by atoms with Crippen molar-refractivity contribution in [1.82, 2.24) is 0 Å². The standard InChI is InChI=1S/C22H19N3/c1-4-10-20(11-5-1)23-16-19(17-24-21-12-6-2-7-13-21)18-25-22-14-8-3-9-15-22/h1-18,23H. The minimum atomic E-state index is 0.872. The summed E-state index contributed by atoms with van der Waals surface area (Å²) in [6, 6.07) is 29.7. The Morgan fingerprint density at radius 3 is 1.52 bits per heavy atom. The molecule has 0 bridgehead atoms. The highest BCUT2D eigenvalue weighted by atomic mass is 14.8. The highest BCUT2D eigenvalue weighted by Gasteiger charge is 1.93. The van der Waals surface area contributed by atoms with E-state index in [0.29, 0.717) is 0 Å². The minimum Gasteiger partial charge on any atom is -0.361 e. The molecule has 1 N–H and O–H groups in total. The molecule has 3 aromatic rings. The van der Waals surface area contributed by atoms with Gasteiger partial charge in [0.25, 0.3) is 0 Å². The zero-order valence-electron chi connectivity index (χ0n) is 13.8. The summed E-state index contributed by atoms with van der Waals surface area (Å²) in [5.41, 5.74) is 3.69. The number of rotatable bonds is 6. The van der Waals surface area contributed by atoms with Crippen molar-refractivity contribution in [2.75, 3.05) is 5.32 Å². The molecule has 3 aromatic carbocycles. The number of nitrogens with zero attached hydrogens (tertiary/aromatic N) is 2. The molecular formula is C22H19N3. The molecule has 0 saturated heterocycles. The summed E-state index contributed by atoms with van der Waals surface area (Å²) in [5, 5.41) is 3.27. The van der Waals surface area contributed by atoms with E-state index < -0.39 is 0 Å².